The summed E-state index contributed by atoms with van der Waals surface area (Å²) in [5, 5.41) is 6.48. The van der Waals surface area contributed by atoms with Gasteiger partial charge in [0.1, 0.15) is 11.7 Å². The Morgan fingerprint density at radius 3 is 2.70 bits per heavy atom. The first-order chi connectivity index (χ1) is 9.36. The van der Waals surface area contributed by atoms with Crippen molar-refractivity contribution >= 4 is 17.2 Å². The van der Waals surface area contributed by atoms with E-state index < -0.39 is 36.5 Å². The van der Waals surface area contributed by atoms with Crippen LogP contribution in [0.3, 0.4) is 0 Å². The largest absolute Gasteiger partial charge is 0.324 e. The van der Waals surface area contributed by atoms with Gasteiger partial charge >= 0.3 is 12.3 Å². The molecule has 0 bridgehead atoms. The average Bonchev–Trinajstić information content (AvgIpc) is 2.86. The normalized spacial score (nSPS) is 24.9. The van der Waals surface area contributed by atoms with Gasteiger partial charge in [-0.15, -0.1) is 0 Å². The zero-order valence-corrected chi connectivity index (χ0v) is 11.1. The molecule has 1 saturated carbocycles. The van der Waals surface area contributed by atoms with Gasteiger partial charge in [0.2, 0.25) is 5.91 Å². The van der Waals surface area contributed by atoms with Crippen molar-refractivity contribution in [3.8, 4) is 0 Å². The first-order valence-corrected chi connectivity index (χ1v) is 7.07. The maximum absolute atomic E-state index is 13.3. The quantitative estimate of drug-likeness (QED) is 0.867. The Kier molecular flexibility index (Phi) is 3.06. The number of nitrogens with one attached hydrogen (secondary N) is 1. The molecule has 1 amide bonds. The van der Waals surface area contributed by atoms with Crippen LogP contribution in [-0.4, -0.2) is 35.2 Å². The Morgan fingerprint density at radius 2 is 2.20 bits per heavy atom. The van der Waals surface area contributed by atoms with E-state index in [1.165, 1.54) is 11.3 Å². The second kappa shape index (κ2) is 4.42. The van der Waals surface area contributed by atoms with Crippen molar-refractivity contribution in [3.05, 3.63) is 22.4 Å². The SMILES string of the molecule is O=C1N(CC(F)(F)C(F)F)C(c2ccsc2)NC12CC2. The van der Waals surface area contributed by atoms with Crippen molar-refractivity contribution in [2.24, 2.45) is 0 Å². The molecule has 2 aliphatic rings. The van der Waals surface area contributed by atoms with Crippen molar-refractivity contribution in [2.75, 3.05) is 6.54 Å². The van der Waals surface area contributed by atoms with Crippen LogP contribution in [0.25, 0.3) is 0 Å². The molecule has 2 heterocycles. The van der Waals surface area contributed by atoms with Crippen molar-refractivity contribution in [3.63, 3.8) is 0 Å². The van der Waals surface area contributed by atoms with E-state index >= 15 is 0 Å². The van der Waals surface area contributed by atoms with Crippen LogP contribution in [0.1, 0.15) is 24.6 Å². The lowest BCUT2D eigenvalue weighted by molar-refractivity contribution is -0.157. The van der Waals surface area contributed by atoms with E-state index in [-0.39, 0.29) is 0 Å². The van der Waals surface area contributed by atoms with E-state index in [2.05, 4.69) is 5.32 Å². The summed E-state index contributed by atoms with van der Waals surface area (Å²) in [6, 6.07) is 1.70. The summed E-state index contributed by atoms with van der Waals surface area (Å²) in [6.07, 6.45) is -3.41. The molecule has 1 aliphatic heterocycles. The highest BCUT2D eigenvalue weighted by molar-refractivity contribution is 7.07. The Labute approximate surface area is 116 Å². The fraction of sp³-hybridized carbons (Fsp3) is 0.583. The van der Waals surface area contributed by atoms with Crippen LogP contribution in [0.15, 0.2) is 16.8 Å². The summed E-state index contributed by atoms with van der Waals surface area (Å²) in [5.41, 5.74) is -0.164. The van der Waals surface area contributed by atoms with Crippen molar-refractivity contribution in [1.29, 1.82) is 0 Å². The molecule has 1 atom stereocenters. The zero-order chi connectivity index (χ0) is 14.5. The van der Waals surface area contributed by atoms with E-state index in [9.17, 15) is 22.4 Å². The highest BCUT2D eigenvalue weighted by Gasteiger charge is 2.61. The molecule has 1 N–H and O–H groups in total. The lowest BCUT2D eigenvalue weighted by Gasteiger charge is -2.27. The van der Waals surface area contributed by atoms with Crippen molar-refractivity contribution in [2.45, 2.75) is 36.9 Å². The smallest absolute Gasteiger partial charge is 0.315 e. The summed E-state index contributed by atoms with van der Waals surface area (Å²) >= 11 is 1.36. The number of rotatable bonds is 4. The monoisotopic (exact) mass is 308 g/mol. The summed E-state index contributed by atoms with van der Waals surface area (Å²) in [5.74, 6) is -4.71. The molecule has 1 aliphatic carbocycles. The molecule has 1 aromatic rings. The highest BCUT2D eigenvalue weighted by atomic mass is 32.1. The molecule has 110 valence electrons. The molecule has 0 radical (unpaired) electrons. The van der Waals surface area contributed by atoms with Gasteiger partial charge in [0, 0.05) is 0 Å². The van der Waals surface area contributed by atoms with Crippen LogP contribution in [0, 0.1) is 0 Å². The van der Waals surface area contributed by atoms with Gasteiger partial charge < -0.3 is 4.90 Å². The standard InChI is InChI=1S/C12H12F4N2OS/c13-9(14)12(15,16)6-18-8(7-1-4-20-5-7)17-11(2-3-11)10(18)19/h1,4-5,8-9,17H,2-3,6H2. The summed E-state index contributed by atoms with van der Waals surface area (Å²) in [6.45, 7) is -1.27. The summed E-state index contributed by atoms with van der Waals surface area (Å²) in [7, 11) is 0. The van der Waals surface area contributed by atoms with Crippen LogP contribution in [-0.2, 0) is 4.79 Å². The third-order valence-corrected chi connectivity index (χ3v) is 4.41. The van der Waals surface area contributed by atoms with Crippen molar-refractivity contribution in [1.82, 2.24) is 10.2 Å². The van der Waals surface area contributed by atoms with Gasteiger partial charge in [0.25, 0.3) is 0 Å². The van der Waals surface area contributed by atoms with Gasteiger partial charge in [-0.1, -0.05) is 0 Å². The maximum atomic E-state index is 13.3. The van der Waals surface area contributed by atoms with Gasteiger partial charge in [-0.3, -0.25) is 10.1 Å². The molecule has 1 saturated heterocycles. The Morgan fingerprint density at radius 1 is 1.50 bits per heavy atom. The molecule has 3 rings (SSSR count). The topological polar surface area (TPSA) is 32.3 Å². The summed E-state index contributed by atoms with van der Waals surface area (Å²) in [4.78, 5) is 13.0. The first-order valence-electron chi connectivity index (χ1n) is 6.13. The molecule has 20 heavy (non-hydrogen) atoms. The fourth-order valence-corrected chi connectivity index (χ4v) is 3.11. The maximum Gasteiger partial charge on any atom is 0.324 e. The van der Waals surface area contributed by atoms with E-state index in [0.717, 1.165) is 4.90 Å². The zero-order valence-electron chi connectivity index (χ0n) is 10.3. The van der Waals surface area contributed by atoms with Gasteiger partial charge in [0.05, 0.1) is 6.54 Å². The van der Waals surface area contributed by atoms with Gasteiger partial charge in [-0.25, -0.2) is 8.78 Å². The molecule has 0 aromatic carbocycles. The lowest BCUT2D eigenvalue weighted by atomic mass is 10.2. The third-order valence-electron chi connectivity index (χ3n) is 3.70. The number of hydrogen-bond acceptors (Lipinski definition) is 3. The number of carbonyl (C=O) groups is 1. The lowest BCUT2D eigenvalue weighted by Crippen LogP contribution is -2.44. The molecule has 1 aromatic heterocycles. The number of halogens is 4. The van der Waals surface area contributed by atoms with Gasteiger partial charge in [-0.2, -0.15) is 20.1 Å². The van der Waals surface area contributed by atoms with Crippen LogP contribution in [0.2, 0.25) is 0 Å². The second-order valence-corrected chi connectivity index (χ2v) is 5.96. The Balaban J connectivity index is 1.87. The fourth-order valence-electron chi connectivity index (χ4n) is 2.43. The summed E-state index contributed by atoms with van der Waals surface area (Å²) < 4.78 is 51.3. The first kappa shape index (κ1) is 13.8. The number of hydrogen-bond donors (Lipinski definition) is 1. The molecule has 8 heteroatoms. The number of nitrogens with zero attached hydrogens (tertiary/aromatic N) is 1. The van der Waals surface area contributed by atoms with Crippen LogP contribution >= 0.6 is 11.3 Å². The Bertz CT molecular complexity index is 516. The molecular weight excluding hydrogens is 296 g/mol. The molecular formula is C12H12F4N2OS. The molecule has 1 unspecified atom stereocenters. The molecule has 3 nitrogen and oxygen atoms in total. The Hall–Kier alpha value is -1.15. The number of thiophene rings is 1. The number of amides is 1. The van der Waals surface area contributed by atoms with Crippen LogP contribution in [0.4, 0.5) is 17.6 Å². The van der Waals surface area contributed by atoms with Crippen LogP contribution in [0.5, 0.6) is 0 Å². The van der Waals surface area contributed by atoms with E-state index in [1.54, 1.807) is 16.8 Å². The third kappa shape index (κ3) is 2.10. The van der Waals surface area contributed by atoms with Crippen LogP contribution < -0.4 is 5.32 Å². The highest BCUT2D eigenvalue weighted by Crippen LogP contribution is 2.47. The molecule has 2 fully saturated rings. The van der Waals surface area contributed by atoms with Gasteiger partial charge in [-0.05, 0) is 35.2 Å². The number of carbonyl (C=O) groups excluding carboxylic acids is 1. The average molecular weight is 308 g/mol. The predicted octanol–water partition coefficient (Wildman–Crippen LogP) is 2.61. The number of alkyl halides is 4. The van der Waals surface area contributed by atoms with E-state index in [4.69, 9.17) is 0 Å². The predicted molar refractivity (Wildman–Crippen MR) is 64.8 cm³/mol. The van der Waals surface area contributed by atoms with Gasteiger partial charge in [0.15, 0.2) is 0 Å². The minimum absolute atomic E-state index is 0.506. The van der Waals surface area contributed by atoms with E-state index in [1.807, 2.05) is 0 Å². The van der Waals surface area contributed by atoms with Crippen molar-refractivity contribution < 1.29 is 22.4 Å². The minimum Gasteiger partial charge on any atom is -0.315 e. The second-order valence-electron chi connectivity index (χ2n) is 5.18. The van der Waals surface area contributed by atoms with E-state index in [0.29, 0.717) is 18.4 Å². The minimum atomic E-state index is -4.20. The molecule has 1 spiro atoms.